The van der Waals surface area contributed by atoms with Crippen molar-refractivity contribution in [3.63, 3.8) is 0 Å². The van der Waals surface area contributed by atoms with E-state index in [-0.39, 0.29) is 0 Å². The first-order valence-electron chi connectivity index (χ1n) is 17.7. The van der Waals surface area contributed by atoms with Crippen molar-refractivity contribution < 1.29 is 29.1 Å². The van der Waals surface area contributed by atoms with Crippen LogP contribution in [-0.4, -0.2) is 34.4 Å². The second-order valence-electron chi connectivity index (χ2n) is 12.9. The molecule has 0 spiro atoms. The van der Waals surface area contributed by atoms with Gasteiger partial charge in [-0.15, -0.1) is 36.1 Å². The minimum Gasteiger partial charge on any atom is -0.290 e. The highest BCUT2D eigenvalue weighted by molar-refractivity contribution is 6.99. The predicted octanol–water partition coefficient (Wildman–Crippen LogP) is 9.84. The Hall–Kier alpha value is -3.31. The molecule has 0 radical (unpaired) electrons. The Morgan fingerprint density at radius 1 is 0.562 bits per heavy atom. The molecule has 0 heterocycles. The van der Waals surface area contributed by atoms with Gasteiger partial charge in [-0.2, -0.15) is 0 Å². The average Bonchev–Trinajstić information content (AvgIpc) is 3.13. The number of hydrogen-bond acceptors (Lipinski definition) is 6. The largest absolute Gasteiger partial charge is 0.373 e. The molecule has 0 saturated carbocycles. The van der Waals surface area contributed by atoms with Crippen LogP contribution in [0.3, 0.4) is 0 Å². The first-order chi connectivity index (χ1) is 23.2. The molecule has 0 aromatic heterocycles. The molecule has 2 aromatic carbocycles. The van der Waals surface area contributed by atoms with Crippen molar-refractivity contribution in [2.75, 3.05) is 0 Å². The van der Waals surface area contributed by atoms with E-state index in [1.165, 1.54) is 64.2 Å². The Morgan fingerprint density at radius 3 is 1.19 bits per heavy atom. The van der Waals surface area contributed by atoms with Crippen molar-refractivity contribution in [2.24, 2.45) is 0 Å². The normalized spacial score (nSPS) is 11.6. The maximum absolute atomic E-state index is 12.8. The van der Waals surface area contributed by atoms with E-state index >= 15 is 0 Å². The molecule has 2 aromatic rings. The van der Waals surface area contributed by atoms with Crippen LogP contribution >= 0.6 is 0 Å². The summed E-state index contributed by atoms with van der Waals surface area (Å²) in [6.45, 7) is 22.3. The van der Waals surface area contributed by atoms with Gasteiger partial charge in [-0.25, -0.2) is 9.59 Å². The molecule has 0 bridgehead atoms. The van der Waals surface area contributed by atoms with Gasteiger partial charge in [-0.05, 0) is 30.7 Å². The van der Waals surface area contributed by atoms with Crippen molar-refractivity contribution in [1.82, 2.24) is 0 Å². The summed E-state index contributed by atoms with van der Waals surface area (Å²) in [5.74, 6) is -1.33. The molecule has 0 saturated heterocycles. The Bertz CT molecular complexity index is 1190. The van der Waals surface area contributed by atoms with Gasteiger partial charge in [0.15, 0.2) is 0 Å². The Labute approximate surface area is 291 Å². The van der Waals surface area contributed by atoms with Crippen LogP contribution in [0.5, 0.6) is 0 Å². The van der Waals surface area contributed by atoms with Crippen molar-refractivity contribution in [3.8, 4) is 0 Å². The molecule has 48 heavy (non-hydrogen) atoms. The third-order valence-corrected chi connectivity index (χ3v) is 15.7. The van der Waals surface area contributed by atoms with Gasteiger partial charge < -0.3 is 0 Å². The summed E-state index contributed by atoms with van der Waals surface area (Å²) in [7, 11) is -4.01. The molecule has 2 rings (SSSR count). The van der Waals surface area contributed by atoms with Crippen LogP contribution in [0.1, 0.15) is 118 Å². The molecule has 0 aliphatic carbocycles. The van der Waals surface area contributed by atoms with E-state index in [4.69, 9.17) is 19.6 Å². The summed E-state index contributed by atoms with van der Waals surface area (Å²) < 4.78 is 0. The van der Waals surface area contributed by atoms with Crippen LogP contribution in [0.4, 0.5) is 0 Å². The number of hydrogen-bond donors (Lipinski definition) is 0. The highest BCUT2D eigenvalue weighted by atomic mass is 28.3. The molecule has 0 unspecified atom stereocenters. The summed E-state index contributed by atoms with van der Waals surface area (Å²) >= 11 is 0. The molecule has 0 aliphatic rings. The number of benzene rings is 2. The molecule has 8 heteroatoms. The predicted molar refractivity (Wildman–Crippen MR) is 203 cm³/mol. The summed E-state index contributed by atoms with van der Waals surface area (Å²) in [5.41, 5.74) is 8.40. The maximum atomic E-state index is 12.8. The Morgan fingerprint density at radius 2 is 0.875 bits per heavy atom. The zero-order valence-corrected chi connectivity index (χ0v) is 31.7. The van der Waals surface area contributed by atoms with Crippen molar-refractivity contribution in [3.05, 3.63) is 109 Å². The van der Waals surface area contributed by atoms with Crippen LogP contribution in [-0.2, 0) is 19.6 Å². The molecule has 0 atom stereocenters. The van der Waals surface area contributed by atoms with Crippen LogP contribution in [0.25, 0.3) is 0 Å². The molecule has 0 N–H and O–H groups in total. The lowest BCUT2D eigenvalue weighted by Gasteiger charge is -2.19. The fraction of sp³-hybridized carbons (Fsp3) is 0.450. The highest BCUT2D eigenvalue weighted by Gasteiger charge is 2.24. The van der Waals surface area contributed by atoms with E-state index < -0.39 is 34.4 Å². The van der Waals surface area contributed by atoms with Gasteiger partial charge in [-0.1, -0.05) is 155 Å². The van der Waals surface area contributed by atoms with E-state index in [1.807, 2.05) is 47.1 Å². The van der Waals surface area contributed by atoms with Gasteiger partial charge in [0.1, 0.15) is 16.1 Å². The summed E-state index contributed by atoms with van der Waals surface area (Å²) in [6.07, 6.45) is 15.2. The molecular weight excluding hydrogens is 633 g/mol. The fourth-order valence-electron chi connectivity index (χ4n) is 5.30. The SMILES string of the molecule is C=C[Si](C)(C=C)c1ccc(C(=O)OOC(CCCCCCCCCCCCCCC)OOC(=O)c2ccc([Si](C)(C=C)C=C)cc2)cc1. The smallest absolute Gasteiger partial charge is 0.290 e. The van der Waals surface area contributed by atoms with Gasteiger partial charge in [-0.3, -0.25) is 9.78 Å². The molecule has 0 amide bonds. The summed E-state index contributed by atoms with van der Waals surface area (Å²) in [5, 5.41) is 2.16. The van der Waals surface area contributed by atoms with E-state index in [0.717, 1.165) is 29.6 Å². The lowest BCUT2D eigenvalue weighted by molar-refractivity contribution is -0.421. The molecule has 262 valence electrons. The second kappa shape index (κ2) is 22.4. The number of carbonyl (C=O) groups excluding carboxylic acids is 2. The molecule has 6 nitrogen and oxygen atoms in total. The Balaban J connectivity index is 1.90. The topological polar surface area (TPSA) is 71.1 Å². The van der Waals surface area contributed by atoms with Crippen LogP contribution in [0, 0.1) is 0 Å². The van der Waals surface area contributed by atoms with E-state index in [2.05, 4.69) is 46.3 Å². The number of unbranched alkanes of at least 4 members (excludes halogenated alkanes) is 12. The van der Waals surface area contributed by atoms with E-state index in [0.29, 0.717) is 17.5 Å². The van der Waals surface area contributed by atoms with Gasteiger partial charge in [0.25, 0.3) is 0 Å². The third kappa shape index (κ3) is 13.7. The van der Waals surface area contributed by atoms with Crippen LogP contribution in [0.2, 0.25) is 13.1 Å². The molecule has 0 aliphatic heterocycles. The lowest BCUT2D eigenvalue weighted by Crippen LogP contribution is -2.40. The molecular formula is C40H58O6Si2. The van der Waals surface area contributed by atoms with E-state index in [9.17, 15) is 9.59 Å². The van der Waals surface area contributed by atoms with Gasteiger partial charge in [0, 0.05) is 6.42 Å². The lowest BCUT2D eigenvalue weighted by atomic mass is 10.0. The number of rotatable bonds is 26. The standard InChI is InChI=1S/C40H58O6Si2/c1-8-13-14-15-16-17-18-19-20-21-22-23-24-25-38(43-45-39(41)34-26-30-36(31-27-34)47(6,9-2)10-3)44-46-40(42)35-28-32-37(33-29-35)48(7,11-4)12-5/h9-12,26-33,38H,2-5,8,13-25H2,1,6-7H3. The van der Waals surface area contributed by atoms with Gasteiger partial charge in [0.2, 0.25) is 6.29 Å². The fourth-order valence-corrected chi connectivity index (χ4v) is 8.35. The van der Waals surface area contributed by atoms with Crippen molar-refractivity contribution in [2.45, 2.75) is 116 Å². The third-order valence-electron chi connectivity index (χ3n) is 9.19. The average molecular weight is 691 g/mol. The van der Waals surface area contributed by atoms with Crippen LogP contribution in [0.15, 0.2) is 97.6 Å². The zero-order valence-electron chi connectivity index (χ0n) is 29.7. The highest BCUT2D eigenvalue weighted by Crippen LogP contribution is 2.17. The number of carbonyl (C=O) groups is 2. The van der Waals surface area contributed by atoms with Crippen LogP contribution < -0.4 is 10.4 Å². The van der Waals surface area contributed by atoms with Crippen molar-refractivity contribution in [1.29, 1.82) is 0 Å². The second-order valence-corrected chi connectivity index (χ2v) is 20.8. The first-order valence-corrected chi connectivity index (χ1v) is 23.0. The van der Waals surface area contributed by atoms with Gasteiger partial charge in [0.05, 0.1) is 11.1 Å². The quantitative estimate of drug-likeness (QED) is 0.0322. The van der Waals surface area contributed by atoms with E-state index in [1.54, 1.807) is 24.3 Å². The first kappa shape index (κ1) is 40.9. The minimum atomic E-state index is -2.00. The van der Waals surface area contributed by atoms with Gasteiger partial charge >= 0.3 is 11.9 Å². The molecule has 0 fully saturated rings. The zero-order chi connectivity index (χ0) is 35.3. The maximum Gasteiger partial charge on any atom is 0.373 e. The monoisotopic (exact) mass is 690 g/mol. The Kier molecular flexibility index (Phi) is 19.0. The summed E-state index contributed by atoms with van der Waals surface area (Å²) in [6, 6.07) is 14.3. The van der Waals surface area contributed by atoms with Crippen molar-refractivity contribution >= 4 is 38.5 Å². The summed E-state index contributed by atoms with van der Waals surface area (Å²) in [4.78, 5) is 46.7. The minimum absolute atomic E-state index is 0.328.